The van der Waals surface area contributed by atoms with Crippen molar-refractivity contribution in [2.45, 2.75) is 84.6 Å². The molecule has 0 bridgehead atoms. The van der Waals surface area contributed by atoms with Crippen molar-refractivity contribution in [2.75, 3.05) is 6.54 Å². The van der Waals surface area contributed by atoms with E-state index in [0.717, 1.165) is 44.1 Å². The number of hydrogen-bond acceptors (Lipinski definition) is 2. The minimum absolute atomic E-state index is 0.293. The van der Waals surface area contributed by atoms with Crippen LogP contribution < -0.4 is 5.32 Å². The van der Waals surface area contributed by atoms with E-state index in [-0.39, 0.29) is 0 Å². The molecule has 3 unspecified atom stereocenters. The number of piperidine rings is 1. The monoisotopic (exact) mass is 279 g/mol. The summed E-state index contributed by atoms with van der Waals surface area (Å²) in [4.78, 5) is 12.2. The zero-order valence-corrected chi connectivity index (χ0v) is 13.7. The number of carbonyl (C=O) groups excluding carboxylic acids is 1. The molecule has 20 heavy (non-hydrogen) atoms. The Balaban J connectivity index is 1.73. The second-order valence-corrected chi connectivity index (χ2v) is 7.60. The maximum absolute atomic E-state index is 12.2. The lowest BCUT2D eigenvalue weighted by Crippen LogP contribution is -2.51. The number of Topliss-reactive ketones (excluding diaryl/α,β-unsaturated/α-hetero) is 1. The van der Waals surface area contributed by atoms with Crippen LogP contribution in [-0.4, -0.2) is 18.4 Å². The molecule has 116 valence electrons. The summed E-state index contributed by atoms with van der Waals surface area (Å²) >= 11 is 0. The second kappa shape index (κ2) is 7.06. The molecule has 1 aliphatic heterocycles. The fraction of sp³-hybridized carbons (Fsp3) is 0.944. The topological polar surface area (TPSA) is 29.1 Å². The minimum Gasteiger partial charge on any atom is -0.314 e. The van der Waals surface area contributed by atoms with Crippen LogP contribution in [0.15, 0.2) is 0 Å². The van der Waals surface area contributed by atoms with Crippen LogP contribution in [0.1, 0.15) is 78.6 Å². The van der Waals surface area contributed by atoms with E-state index in [9.17, 15) is 4.79 Å². The molecule has 2 heteroatoms. The predicted molar refractivity (Wildman–Crippen MR) is 84.8 cm³/mol. The van der Waals surface area contributed by atoms with Crippen LogP contribution in [0.25, 0.3) is 0 Å². The van der Waals surface area contributed by atoms with Gasteiger partial charge >= 0.3 is 0 Å². The van der Waals surface area contributed by atoms with Gasteiger partial charge in [-0.3, -0.25) is 4.79 Å². The molecule has 2 fully saturated rings. The summed E-state index contributed by atoms with van der Waals surface area (Å²) in [6, 6.07) is 0.536. The van der Waals surface area contributed by atoms with Gasteiger partial charge in [-0.05, 0) is 50.0 Å². The molecule has 0 spiro atoms. The summed E-state index contributed by atoms with van der Waals surface area (Å²) in [5, 5.41) is 3.59. The first kappa shape index (κ1) is 16.0. The Morgan fingerprint density at radius 2 is 1.85 bits per heavy atom. The number of rotatable bonds is 6. The van der Waals surface area contributed by atoms with E-state index in [1.807, 2.05) is 0 Å². The van der Waals surface area contributed by atoms with E-state index in [1.54, 1.807) is 0 Å². The molecular formula is C18H33NO. The first-order valence-corrected chi connectivity index (χ1v) is 8.77. The molecule has 1 aliphatic carbocycles. The third-order valence-corrected chi connectivity index (χ3v) is 6.39. The normalized spacial score (nSPS) is 35.4. The SMILES string of the molecule is CC1CCNC(C)C1(C)CCC(=O)CCC1CCCC1. The van der Waals surface area contributed by atoms with Gasteiger partial charge in [0.2, 0.25) is 0 Å². The standard InChI is InChI=1S/C18H33NO/c1-14-11-13-19-15(2)18(14,3)12-10-17(20)9-8-16-6-4-5-7-16/h14-16,19H,4-13H2,1-3H3. The molecule has 1 saturated carbocycles. The summed E-state index contributed by atoms with van der Waals surface area (Å²) in [6.45, 7) is 8.16. The Hall–Kier alpha value is -0.370. The van der Waals surface area contributed by atoms with Crippen LogP contribution in [0.2, 0.25) is 0 Å². The Morgan fingerprint density at radius 1 is 1.15 bits per heavy atom. The summed E-state index contributed by atoms with van der Waals surface area (Å²) in [5.41, 5.74) is 0.293. The van der Waals surface area contributed by atoms with Crippen molar-refractivity contribution in [1.29, 1.82) is 0 Å². The molecule has 1 heterocycles. The highest BCUT2D eigenvalue weighted by Crippen LogP contribution is 2.40. The third kappa shape index (κ3) is 3.84. The highest BCUT2D eigenvalue weighted by atomic mass is 16.1. The zero-order valence-electron chi connectivity index (χ0n) is 13.7. The van der Waals surface area contributed by atoms with E-state index in [4.69, 9.17) is 0 Å². The quantitative estimate of drug-likeness (QED) is 0.784. The average molecular weight is 279 g/mol. The van der Waals surface area contributed by atoms with Crippen molar-refractivity contribution < 1.29 is 4.79 Å². The van der Waals surface area contributed by atoms with Crippen LogP contribution in [0.5, 0.6) is 0 Å². The van der Waals surface area contributed by atoms with E-state index in [2.05, 4.69) is 26.1 Å². The summed E-state index contributed by atoms with van der Waals surface area (Å²) in [7, 11) is 0. The highest BCUT2D eigenvalue weighted by Gasteiger charge is 2.39. The molecule has 2 nitrogen and oxygen atoms in total. The Kier molecular flexibility index (Phi) is 5.65. The summed E-state index contributed by atoms with van der Waals surface area (Å²) in [6.07, 6.45) is 10.6. The lowest BCUT2D eigenvalue weighted by atomic mass is 9.66. The summed E-state index contributed by atoms with van der Waals surface area (Å²) in [5.74, 6) is 2.08. The Labute approximate surface area is 125 Å². The molecule has 1 N–H and O–H groups in total. The van der Waals surface area contributed by atoms with Crippen LogP contribution in [0, 0.1) is 17.3 Å². The molecular weight excluding hydrogens is 246 g/mol. The van der Waals surface area contributed by atoms with E-state index < -0.39 is 0 Å². The van der Waals surface area contributed by atoms with Crippen molar-refractivity contribution in [3.63, 3.8) is 0 Å². The highest BCUT2D eigenvalue weighted by molar-refractivity contribution is 5.78. The molecule has 0 aromatic carbocycles. The number of ketones is 1. The van der Waals surface area contributed by atoms with Gasteiger partial charge in [0.1, 0.15) is 5.78 Å². The van der Waals surface area contributed by atoms with Crippen LogP contribution in [0.3, 0.4) is 0 Å². The fourth-order valence-electron chi connectivity index (χ4n) is 4.17. The molecule has 0 aromatic heterocycles. The van der Waals surface area contributed by atoms with Crippen molar-refractivity contribution in [3.8, 4) is 0 Å². The van der Waals surface area contributed by atoms with Crippen LogP contribution >= 0.6 is 0 Å². The lowest BCUT2D eigenvalue weighted by Gasteiger charge is -2.45. The van der Waals surface area contributed by atoms with Crippen LogP contribution in [0.4, 0.5) is 0 Å². The van der Waals surface area contributed by atoms with Gasteiger partial charge in [-0.1, -0.05) is 39.5 Å². The van der Waals surface area contributed by atoms with Gasteiger partial charge in [0.05, 0.1) is 0 Å². The average Bonchev–Trinajstić information content (AvgIpc) is 2.94. The minimum atomic E-state index is 0.293. The van der Waals surface area contributed by atoms with E-state index in [0.29, 0.717) is 17.2 Å². The predicted octanol–water partition coefficient (Wildman–Crippen LogP) is 4.33. The number of nitrogens with one attached hydrogen (secondary N) is 1. The largest absolute Gasteiger partial charge is 0.314 e. The van der Waals surface area contributed by atoms with Gasteiger partial charge in [0.25, 0.3) is 0 Å². The van der Waals surface area contributed by atoms with Crippen molar-refractivity contribution in [3.05, 3.63) is 0 Å². The lowest BCUT2D eigenvalue weighted by molar-refractivity contribution is -0.120. The Morgan fingerprint density at radius 3 is 2.50 bits per heavy atom. The van der Waals surface area contributed by atoms with Gasteiger partial charge in [-0.25, -0.2) is 0 Å². The number of carbonyl (C=O) groups is 1. The molecule has 0 radical (unpaired) electrons. The van der Waals surface area contributed by atoms with Gasteiger partial charge in [-0.2, -0.15) is 0 Å². The number of hydrogen-bond donors (Lipinski definition) is 1. The zero-order chi connectivity index (χ0) is 14.6. The van der Waals surface area contributed by atoms with Gasteiger partial charge < -0.3 is 5.32 Å². The molecule has 2 aliphatic rings. The molecule has 0 aromatic rings. The summed E-state index contributed by atoms with van der Waals surface area (Å²) < 4.78 is 0. The van der Waals surface area contributed by atoms with Crippen molar-refractivity contribution >= 4 is 5.78 Å². The molecule has 2 rings (SSSR count). The third-order valence-electron chi connectivity index (χ3n) is 6.39. The maximum Gasteiger partial charge on any atom is 0.132 e. The van der Waals surface area contributed by atoms with Gasteiger partial charge in [-0.15, -0.1) is 0 Å². The van der Waals surface area contributed by atoms with E-state index in [1.165, 1.54) is 32.1 Å². The van der Waals surface area contributed by atoms with Gasteiger partial charge in [0.15, 0.2) is 0 Å². The molecule has 0 amide bonds. The maximum atomic E-state index is 12.2. The van der Waals surface area contributed by atoms with Gasteiger partial charge in [0, 0.05) is 18.9 Å². The van der Waals surface area contributed by atoms with Crippen molar-refractivity contribution in [2.24, 2.45) is 17.3 Å². The van der Waals surface area contributed by atoms with E-state index >= 15 is 0 Å². The smallest absolute Gasteiger partial charge is 0.132 e. The molecule has 3 atom stereocenters. The Bertz CT molecular complexity index is 309. The first-order valence-electron chi connectivity index (χ1n) is 8.77. The fourth-order valence-corrected chi connectivity index (χ4v) is 4.17. The van der Waals surface area contributed by atoms with Crippen LogP contribution in [-0.2, 0) is 4.79 Å². The second-order valence-electron chi connectivity index (χ2n) is 7.60. The molecule has 1 saturated heterocycles. The first-order chi connectivity index (χ1) is 9.52. The van der Waals surface area contributed by atoms with Crippen molar-refractivity contribution in [1.82, 2.24) is 5.32 Å².